The van der Waals surface area contributed by atoms with Gasteiger partial charge in [0.15, 0.2) is 5.78 Å². The average Bonchev–Trinajstić information content (AvgIpc) is 3.26. The molecule has 0 bridgehead atoms. The van der Waals surface area contributed by atoms with Crippen molar-refractivity contribution in [2.24, 2.45) is 5.16 Å². The van der Waals surface area contributed by atoms with E-state index in [2.05, 4.69) is 16.6 Å². The molecule has 0 N–H and O–H groups in total. The molecule has 170 valence electrons. The molecule has 7 nitrogen and oxygen atoms in total. The van der Waals surface area contributed by atoms with E-state index in [0.29, 0.717) is 22.4 Å². The van der Waals surface area contributed by atoms with Crippen LogP contribution in [0.3, 0.4) is 0 Å². The molecule has 1 aliphatic heterocycles. The second-order valence-corrected chi connectivity index (χ2v) is 8.39. The van der Waals surface area contributed by atoms with Crippen molar-refractivity contribution in [3.8, 4) is 0 Å². The normalized spacial score (nSPS) is 14.3. The molecular formula is C27H23N3O4. The number of anilines is 1. The standard InChI is InChI=1S/C27H23N3O4/c1-5-30-22-11-10-17(25(32)18-9-7-6-8-15(18)2)12-19(22)20-13-21-23(14-24(20)30)29(4)27(26(21)33)28-34-16(3)31/h6-14H,5H2,1-4H3/b28-27-. The fourth-order valence-corrected chi connectivity index (χ4v) is 4.65. The summed E-state index contributed by atoms with van der Waals surface area (Å²) in [6, 6.07) is 17.1. The number of amidine groups is 1. The predicted molar refractivity (Wildman–Crippen MR) is 132 cm³/mol. The summed E-state index contributed by atoms with van der Waals surface area (Å²) < 4.78 is 2.16. The third-order valence-electron chi connectivity index (χ3n) is 6.34. The van der Waals surface area contributed by atoms with Crippen molar-refractivity contribution in [3.63, 3.8) is 0 Å². The van der Waals surface area contributed by atoms with E-state index in [1.54, 1.807) is 11.9 Å². The first-order valence-corrected chi connectivity index (χ1v) is 11.1. The second kappa shape index (κ2) is 7.95. The lowest BCUT2D eigenvalue weighted by Gasteiger charge is -2.12. The first-order valence-electron chi connectivity index (χ1n) is 11.1. The lowest BCUT2D eigenvalue weighted by Crippen LogP contribution is -2.26. The van der Waals surface area contributed by atoms with Gasteiger partial charge in [0.2, 0.25) is 11.6 Å². The number of oxime groups is 1. The van der Waals surface area contributed by atoms with Crippen LogP contribution in [0.4, 0.5) is 5.69 Å². The molecule has 34 heavy (non-hydrogen) atoms. The summed E-state index contributed by atoms with van der Waals surface area (Å²) in [6.45, 7) is 5.93. The first-order chi connectivity index (χ1) is 16.3. The molecule has 0 aliphatic carbocycles. The zero-order valence-corrected chi connectivity index (χ0v) is 19.4. The van der Waals surface area contributed by atoms with Gasteiger partial charge in [-0.3, -0.25) is 9.59 Å². The van der Waals surface area contributed by atoms with Crippen molar-refractivity contribution in [2.75, 3.05) is 11.9 Å². The van der Waals surface area contributed by atoms with Gasteiger partial charge in [-0.2, -0.15) is 0 Å². The van der Waals surface area contributed by atoms with Gasteiger partial charge in [0.05, 0.1) is 16.8 Å². The molecule has 1 aliphatic rings. The van der Waals surface area contributed by atoms with Crippen molar-refractivity contribution in [1.82, 2.24) is 4.57 Å². The highest BCUT2D eigenvalue weighted by Gasteiger charge is 2.34. The van der Waals surface area contributed by atoms with Crippen molar-refractivity contribution in [1.29, 1.82) is 0 Å². The summed E-state index contributed by atoms with van der Waals surface area (Å²) >= 11 is 0. The summed E-state index contributed by atoms with van der Waals surface area (Å²) in [6.07, 6.45) is 0. The fourth-order valence-electron chi connectivity index (χ4n) is 4.65. The Hall–Kier alpha value is -4.26. The van der Waals surface area contributed by atoms with E-state index >= 15 is 0 Å². The number of aromatic nitrogens is 1. The Labute approximate surface area is 196 Å². The zero-order valence-electron chi connectivity index (χ0n) is 19.4. The Kier molecular flexibility index (Phi) is 5.05. The van der Waals surface area contributed by atoms with Crippen LogP contribution in [0.1, 0.15) is 45.7 Å². The largest absolute Gasteiger partial charge is 0.341 e. The number of Topliss-reactive ketones (excluding diaryl/α,β-unsaturated/α-hetero) is 1. The lowest BCUT2D eigenvalue weighted by molar-refractivity contribution is -0.140. The van der Waals surface area contributed by atoms with Crippen LogP contribution in [0.25, 0.3) is 21.8 Å². The Morgan fingerprint density at radius 2 is 1.74 bits per heavy atom. The molecule has 1 aromatic heterocycles. The molecule has 0 atom stereocenters. The first kappa shape index (κ1) is 21.6. The number of benzene rings is 3. The van der Waals surface area contributed by atoms with Gasteiger partial charge in [-0.1, -0.05) is 29.4 Å². The molecular weight excluding hydrogens is 430 g/mol. The van der Waals surface area contributed by atoms with Crippen LogP contribution in [0, 0.1) is 6.92 Å². The van der Waals surface area contributed by atoms with E-state index in [1.807, 2.05) is 61.5 Å². The van der Waals surface area contributed by atoms with Gasteiger partial charge in [-0.25, -0.2) is 4.79 Å². The van der Waals surface area contributed by atoms with E-state index in [-0.39, 0.29) is 17.4 Å². The molecule has 0 amide bonds. The molecule has 0 radical (unpaired) electrons. The fraction of sp³-hybridized carbons (Fsp3) is 0.185. The Balaban J connectivity index is 1.70. The van der Waals surface area contributed by atoms with Crippen molar-refractivity contribution >= 4 is 50.9 Å². The minimum atomic E-state index is -0.593. The van der Waals surface area contributed by atoms with E-state index < -0.39 is 5.97 Å². The number of rotatable bonds is 4. The highest BCUT2D eigenvalue weighted by molar-refractivity contribution is 6.54. The number of hydrogen-bond acceptors (Lipinski definition) is 5. The SMILES string of the molecule is CCn1c2ccc(C(=O)c3ccccc3C)cc2c2cc3c(cc21)N(C)/C(=N\OC(C)=O)C3=O. The third-order valence-corrected chi connectivity index (χ3v) is 6.34. The molecule has 4 aromatic rings. The summed E-state index contributed by atoms with van der Waals surface area (Å²) in [5.41, 5.74) is 5.30. The van der Waals surface area contributed by atoms with Crippen LogP contribution >= 0.6 is 0 Å². The molecule has 3 aromatic carbocycles. The molecule has 7 heteroatoms. The molecule has 5 rings (SSSR count). The van der Waals surface area contributed by atoms with Gasteiger partial charge >= 0.3 is 5.97 Å². The number of likely N-dealkylation sites (N-methyl/N-ethyl adjacent to an activating group) is 1. The monoisotopic (exact) mass is 453 g/mol. The molecule has 2 heterocycles. The summed E-state index contributed by atoms with van der Waals surface area (Å²) in [5.74, 6) is -0.889. The number of nitrogens with zero attached hydrogens (tertiary/aromatic N) is 3. The maximum atomic E-state index is 13.3. The summed E-state index contributed by atoms with van der Waals surface area (Å²) in [7, 11) is 1.72. The van der Waals surface area contributed by atoms with Crippen LogP contribution < -0.4 is 4.90 Å². The highest BCUT2D eigenvalue weighted by atomic mass is 16.7. The number of hydrogen-bond donors (Lipinski definition) is 0. The maximum absolute atomic E-state index is 13.3. The van der Waals surface area contributed by atoms with E-state index in [9.17, 15) is 14.4 Å². The van der Waals surface area contributed by atoms with Crippen LogP contribution in [0.2, 0.25) is 0 Å². The average molecular weight is 453 g/mol. The Morgan fingerprint density at radius 3 is 2.44 bits per heavy atom. The number of fused-ring (bicyclic) bond motifs is 4. The smallest absolute Gasteiger partial charge is 0.332 e. The number of carbonyl (C=O) groups excluding carboxylic acids is 3. The van der Waals surface area contributed by atoms with Gasteiger partial charge in [0.1, 0.15) is 0 Å². The van der Waals surface area contributed by atoms with E-state index in [0.717, 1.165) is 33.9 Å². The Bertz CT molecular complexity index is 1560. The van der Waals surface area contributed by atoms with Gasteiger partial charge in [0, 0.05) is 47.9 Å². The topological polar surface area (TPSA) is 81.0 Å². The van der Waals surface area contributed by atoms with Crippen LogP contribution in [-0.2, 0) is 16.2 Å². The zero-order chi connectivity index (χ0) is 24.1. The second-order valence-electron chi connectivity index (χ2n) is 8.39. The Morgan fingerprint density at radius 1 is 1.00 bits per heavy atom. The van der Waals surface area contributed by atoms with Crippen molar-refractivity contribution in [2.45, 2.75) is 27.3 Å². The van der Waals surface area contributed by atoms with Gasteiger partial charge in [0.25, 0.3) is 0 Å². The molecule has 0 unspecified atom stereocenters. The van der Waals surface area contributed by atoms with Crippen LogP contribution in [-0.4, -0.2) is 35.0 Å². The lowest BCUT2D eigenvalue weighted by atomic mass is 9.97. The van der Waals surface area contributed by atoms with Crippen molar-refractivity contribution < 1.29 is 19.2 Å². The van der Waals surface area contributed by atoms with Crippen LogP contribution in [0.15, 0.2) is 59.8 Å². The van der Waals surface area contributed by atoms with Gasteiger partial charge in [-0.15, -0.1) is 0 Å². The minimum Gasteiger partial charge on any atom is -0.341 e. The molecule has 0 fully saturated rings. The summed E-state index contributed by atoms with van der Waals surface area (Å²) in [5, 5.41) is 5.53. The van der Waals surface area contributed by atoms with Gasteiger partial charge < -0.3 is 14.3 Å². The molecule has 0 saturated heterocycles. The van der Waals surface area contributed by atoms with E-state index in [1.165, 1.54) is 6.92 Å². The third kappa shape index (κ3) is 3.20. The quantitative estimate of drug-likeness (QED) is 0.250. The molecule has 0 spiro atoms. The number of carbonyl (C=O) groups is 3. The van der Waals surface area contributed by atoms with Crippen molar-refractivity contribution in [3.05, 3.63) is 76.9 Å². The molecule has 0 saturated carbocycles. The minimum absolute atomic E-state index is 0.0369. The van der Waals surface area contributed by atoms with Gasteiger partial charge in [-0.05, 0) is 49.7 Å². The summed E-state index contributed by atoms with van der Waals surface area (Å²) in [4.78, 5) is 43.8. The highest BCUT2D eigenvalue weighted by Crippen LogP contribution is 2.38. The number of aryl methyl sites for hydroxylation is 2. The maximum Gasteiger partial charge on any atom is 0.332 e. The van der Waals surface area contributed by atoms with Crippen LogP contribution in [0.5, 0.6) is 0 Å². The predicted octanol–water partition coefficient (Wildman–Crippen LogP) is 4.86. The number of ketones is 2. The van der Waals surface area contributed by atoms with E-state index in [4.69, 9.17) is 4.84 Å².